The first kappa shape index (κ1) is 20.8. The van der Waals surface area contributed by atoms with Crippen molar-refractivity contribution in [3.05, 3.63) is 41.8 Å². The summed E-state index contributed by atoms with van der Waals surface area (Å²) in [5.41, 5.74) is 9.80. The van der Waals surface area contributed by atoms with Crippen LogP contribution in [0, 0.1) is 5.41 Å². The van der Waals surface area contributed by atoms with Crippen LogP contribution in [-0.4, -0.2) is 48.8 Å². The van der Waals surface area contributed by atoms with Gasteiger partial charge in [0.1, 0.15) is 12.9 Å². The SMILES string of the molecule is COC1CCC2(CC1)CCN(CCF)C(N)=NCc1cc(-c3ncco3)ccc1C2. The second kappa shape index (κ2) is 9.16. The molecule has 2 aromatic rings. The predicted molar refractivity (Wildman–Crippen MR) is 115 cm³/mol. The Labute approximate surface area is 177 Å². The van der Waals surface area contributed by atoms with Gasteiger partial charge in [0.15, 0.2) is 5.96 Å². The number of nitrogens with zero attached hydrogens (tertiary/aromatic N) is 3. The van der Waals surface area contributed by atoms with Crippen molar-refractivity contribution in [1.82, 2.24) is 9.88 Å². The summed E-state index contributed by atoms with van der Waals surface area (Å²) in [4.78, 5) is 10.8. The lowest BCUT2D eigenvalue weighted by molar-refractivity contribution is 0.0209. The monoisotopic (exact) mass is 414 g/mol. The number of fused-ring (bicyclic) bond motifs is 1. The molecule has 2 heterocycles. The van der Waals surface area contributed by atoms with E-state index < -0.39 is 6.67 Å². The molecule has 1 aliphatic carbocycles. The number of hydrogen-bond donors (Lipinski definition) is 1. The average molecular weight is 415 g/mol. The number of aliphatic imine (C=N–C) groups is 1. The molecule has 1 aliphatic heterocycles. The van der Waals surface area contributed by atoms with E-state index >= 15 is 0 Å². The van der Waals surface area contributed by atoms with E-state index in [9.17, 15) is 4.39 Å². The van der Waals surface area contributed by atoms with Gasteiger partial charge in [-0.1, -0.05) is 6.07 Å². The van der Waals surface area contributed by atoms with Gasteiger partial charge in [-0.25, -0.2) is 14.4 Å². The highest BCUT2D eigenvalue weighted by molar-refractivity contribution is 5.78. The van der Waals surface area contributed by atoms with Gasteiger partial charge in [0.05, 0.1) is 18.8 Å². The van der Waals surface area contributed by atoms with Gasteiger partial charge in [0, 0.05) is 25.8 Å². The number of aromatic nitrogens is 1. The summed E-state index contributed by atoms with van der Waals surface area (Å²) in [6, 6.07) is 6.37. The zero-order valence-electron chi connectivity index (χ0n) is 17.6. The zero-order chi connectivity index (χ0) is 21.0. The van der Waals surface area contributed by atoms with Gasteiger partial charge < -0.3 is 19.8 Å². The molecule has 0 atom stereocenters. The van der Waals surface area contributed by atoms with E-state index in [1.54, 1.807) is 19.6 Å². The van der Waals surface area contributed by atoms with Crippen LogP contribution in [0.5, 0.6) is 0 Å². The van der Waals surface area contributed by atoms with Crippen LogP contribution < -0.4 is 5.73 Å². The molecule has 1 spiro atoms. The second-order valence-corrected chi connectivity index (χ2v) is 8.53. The second-order valence-electron chi connectivity index (χ2n) is 8.53. The van der Waals surface area contributed by atoms with Crippen LogP contribution in [0.4, 0.5) is 4.39 Å². The lowest BCUT2D eigenvalue weighted by Gasteiger charge is -2.42. The molecular formula is C23H31FN4O2. The smallest absolute Gasteiger partial charge is 0.225 e. The minimum atomic E-state index is -0.431. The third-order valence-electron chi connectivity index (χ3n) is 6.78. The summed E-state index contributed by atoms with van der Waals surface area (Å²) in [7, 11) is 1.80. The Balaban J connectivity index is 1.69. The van der Waals surface area contributed by atoms with Gasteiger partial charge in [-0.2, -0.15) is 0 Å². The first-order valence-electron chi connectivity index (χ1n) is 10.8. The molecule has 162 valence electrons. The number of hydrogen-bond acceptors (Lipinski definition) is 6. The Morgan fingerprint density at radius 1 is 1.27 bits per heavy atom. The number of benzene rings is 1. The molecular weight excluding hydrogens is 383 g/mol. The molecule has 1 saturated carbocycles. The Bertz CT molecular complexity index is 860. The highest BCUT2D eigenvalue weighted by atomic mass is 19.1. The Kier molecular flexibility index (Phi) is 6.37. The van der Waals surface area contributed by atoms with Crippen LogP contribution in [0.25, 0.3) is 11.5 Å². The molecule has 2 N–H and O–H groups in total. The molecule has 0 radical (unpaired) electrons. The van der Waals surface area contributed by atoms with Gasteiger partial charge in [-0.3, -0.25) is 0 Å². The standard InChI is InChI=1S/C23H31FN4O2/c1-29-20-4-6-23(7-5-20)8-11-28(12-9-24)22(25)27-16-19-14-17(2-3-18(19)15-23)21-26-10-13-30-21/h2-3,10,13-14,20H,4-9,11-12,15-16H2,1H3,(H2,25,27). The highest BCUT2D eigenvalue weighted by Gasteiger charge is 2.36. The van der Waals surface area contributed by atoms with Gasteiger partial charge in [-0.05, 0) is 67.2 Å². The lowest BCUT2D eigenvalue weighted by atomic mass is 9.67. The van der Waals surface area contributed by atoms with E-state index in [4.69, 9.17) is 14.9 Å². The lowest BCUT2D eigenvalue weighted by Crippen LogP contribution is -2.43. The van der Waals surface area contributed by atoms with E-state index in [2.05, 4.69) is 28.2 Å². The zero-order valence-corrected chi connectivity index (χ0v) is 17.6. The fourth-order valence-electron chi connectivity index (χ4n) is 4.88. The summed E-state index contributed by atoms with van der Waals surface area (Å²) in [6.07, 6.45) is 9.86. The van der Waals surface area contributed by atoms with Crippen molar-refractivity contribution in [3.8, 4) is 11.5 Å². The van der Waals surface area contributed by atoms with Crippen molar-refractivity contribution in [2.75, 3.05) is 26.9 Å². The Morgan fingerprint density at radius 3 is 2.80 bits per heavy atom. The maximum atomic E-state index is 13.2. The minimum Gasteiger partial charge on any atom is -0.445 e. The molecule has 7 heteroatoms. The number of alkyl halides is 1. The number of rotatable bonds is 4. The van der Waals surface area contributed by atoms with Crippen molar-refractivity contribution in [3.63, 3.8) is 0 Å². The number of ether oxygens (including phenoxy) is 1. The fourth-order valence-corrected chi connectivity index (χ4v) is 4.88. The molecule has 0 bridgehead atoms. The molecule has 0 saturated heterocycles. The van der Waals surface area contributed by atoms with Crippen LogP contribution in [-0.2, 0) is 17.7 Å². The molecule has 0 unspecified atom stereocenters. The molecule has 1 aromatic heterocycles. The van der Waals surface area contributed by atoms with Crippen LogP contribution >= 0.6 is 0 Å². The van der Waals surface area contributed by atoms with Gasteiger partial charge in [0.2, 0.25) is 5.89 Å². The van der Waals surface area contributed by atoms with Crippen molar-refractivity contribution in [2.45, 2.75) is 51.2 Å². The third-order valence-corrected chi connectivity index (χ3v) is 6.78. The minimum absolute atomic E-state index is 0.167. The fraction of sp³-hybridized carbons (Fsp3) is 0.565. The van der Waals surface area contributed by atoms with Crippen molar-refractivity contribution in [2.24, 2.45) is 16.1 Å². The molecule has 30 heavy (non-hydrogen) atoms. The van der Waals surface area contributed by atoms with E-state index in [0.29, 0.717) is 24.5 Å². The largest absolute Gasteiger partial charge is 0.445 e. The number of nitrogens with two attached hydrogens (primary N) is 1. The maximum Gasteiger partial charge on any atom is 0.225 e. The summed E-state index contributed by atoms with van der Waals surface area (Å²) in [6.45, 7) is 1.06. The topological polar surface area (TPSA) is 76.9 Å². The maximum absolute atomic E-state index is 13.2. The normalized spacial score (nSPS) is 25.1. The van der Waals surface area contributed by atoms with Crippen LogP contribution in [0.3, 0.4) is 0 Å². The average Bonchev–Trinajstić information content (AvgIpc) is 3.31. The number of methoxy groups -OCH3 is 1. The van der Waals surface area contributed by atoms with Crippen molar-refractivity contribution >= 4 is 5.96 Å². The summed E-state index contributed by atoms with van der Waals surface area (Å²) < 4.78 is 24.3. The molecule has 2 aliphatic rings. The van der Waals surface area contributed by atoms with E-state index in [1.807, 2.05) is 4.90 Å². The number of oxazole rings is 1. The molecule has 1 fully saturated rings. The van der Waals surface area contributed by atoms with E-state index in [0.717, 1.165) is 56.2 Å². The van der Waals surface area contributed by atoms with Crippen LogP contribution in [0.15, 0.2) is 40.1 Å². The highest BCUT2D eigenvalue weighted by Crippen LogP contribution is 2.44. The van der Waals surface area contributed by atoms with Crippen molar-refractivity contribution < 1.29 is 13.5 Å². The number of guanidine groups is 1. The van der Waals surface area contributed by atoms with Crippen molar-refractivity contribution in [1.29, 1.82) is 0 Å². The van der Waals surface area contributed by atoms with Crippen LogP contribution in [0.1, 0.15) is 43.2 Å². The predicted octanol–water partition coefficient (Wildman–Crippen LogP) is 3.95. The quantitative estimate of drug-likeness (QED) is 0.820. The van der Waals surface area contributed by atoms with Gasteiger partial charge in [0.25, 0.3) is 0 Å². The molecule has 0 amide bonds. The van der Waals surface area contributed by atoms with E-state index in [1.165, 1.54) is 5.56 Å². The first-order valence-corrected chi connectivity index (χ1v) is 10.8. The summed E-state index contributed by atoms with van der Waals surface area (Å²) in [5.74, 6) is 1.02. The molecule has 4 rings (SSSR count). The Morgan fingerprint density at radius 2 is 2.10 bits per heavy atom. The third kappa shape index (κ3) is 4.51. The van der Waals surface area contributed by atoms with Gasteiger partial charge in [-0.15, -0.1) is 0 Å². The van der Waals surface area contributed by atoms with Crippen LogP contribution in [0.2, 0.25) is 0 Å². The first-order chi connectivity index (χ1) is 14.6. The Hall–Kier alpha value is -2.41. The molecule has 1 aromatic carbocycles. The van der Waals surface area contributed by atoms with E-state index in [-0.39, 0.29) is 12.0 Å². The number of halogens is 1. The van der Waals surface area contributed by atoms with Gasteiger partial charge >= 0.3 is 0 Å². The summed E-state index contributed by atoms with van der Waals surface area (Å²) >= 11 is 0. The molecule has 6 nitrogen and oxygen atoms in total. The summed E-state index contributed by atoms with van der Waals surface area (Å²) in [5, 5.41) is 0.